The Kier molecular flexibility index (Phi) is 8.01. The first-order chi connectivity index (χ1) is 24.5. The van der Waals surface area contributed by atoms with Crippen molar-refractivity contribution in [2.24, 2.45) is 5.41 Å². The summed E-state index contributed by atoms with van der Waals surface area (Å²) in [5.74, 6) is 1.55. The second kappa shape index (κ2) is 12.3. The summed E-state index contributed by atoms with van der Waals surface area (Å²) in [6, 6.07) is 7.76. The van der Waals surface area contributed by atoms with Crippen LogP contribution in [0.2, 0.25) is 5.02 Å². The molecule has 4 aliphatic heterocycles. The number of likely N-dealkylation sites (tertiary alicyclic amines) is 1. The fraction of sp³-hybridized carbons (Fsp3) is 0.459. The third-order valence-electron chi connectivity index (χ3n) is 11.1. The number of piperazine rings is 1. The SMILES string of the molecule is C#Cc1c(Cl)ccc2cc(O)cc(-c3c(SC(F)(F)F)cc4c(N5CC6CCC(C5)N6)nc(OCC5(CN6C[C@H]7C[C@@H]6CO7)CC5)nc4c3F)c12. The Morgan fingerprint density at radius 3 is 2.59 bits per heavy atom. The molecule has 1 aromatic heterocycles. The molecule has 2 N–H and O–H groups in total. The summed E-state index contributed by atoms with van der Waals surface area (Å²) in [7, 11) is 0. The number of aromatic hydroxyl groups is 1. The van der Waals surface area contributed by atoms with Gasteiger partial charge in [0.25, 0.3) is 0 Å². The van der Waals surface area contributed by atoms with Crippen molar-refractivity contribution >= 4 is 50.9 Å². The normalized spacial score (nSPS) is 25.2. The molecule has 0 radical (unpaired) electrons. The number of phenolic OH excluding ortho intramolecular Hbond substituents is 1. The molecule has 1 saturated carbocycles. The Morgan fingerprint density at radius 2 is 1.92 bits per heavy atom. The lowest BCUT2D eigenvalue weighted by molar-refractivity contribution is -0.0328. The van der Waals surface area contributed by atoms with Crippen LogP contribution in [0, 0.1) is 23.6 Å². The van der Waals surface area contributed by atoms with Crippen LogP contribution in [0.4, 0.5) is 23.4 Å². The zero-order valence-corrected chi connectivity index (χ0v) is 29.0. The smallest absolute Gasteiger partial charge is 0.446 e. The molecule has 5 aliphatic rings. The predicted molar refractivity (Wildman–Crippen MR) is 188 cm³/mol. The van der Waals surface area contributed by atoms with Gasteiger partial charge in [-0.1, -0.05) is 23.6 Å². The van der Waals surface area contributed by atoms with E-state index in [1.54, 1.807) is 6.07 Å². The lowest BCUT2D eigenvalue weighted by atomic mass is 9.93. The molecule has 4 saturated heterocycles. The molecule has 0 spiro atoms. The van der Waals surface area contributed by atoms with Crippen LogP contribution in [-0.4, -0.2) is 89.1 Å². The molecular weight excluding hydrogens is 706 g/mol. The lowest BCUT2D eigenvalue weighted by Gasteiger charge is -2.34. The van der Waals surface area contributed by atoms with E-state index in [2.05, 4.69) is 21.1 Å². The Morgan fingerprint density at radius 1 is 1.14 bits per heavy atom. The van der Waals surface area contributed by atoms with Crippen LogP contribution in [0.1, 0.15) is 37.7 Å². The number of benzene rings is 3. The van der Waals surface area contributed by atoms with Gasteiger partial charge in [-0.05, 0) is 79.1 Å². The average molecular weight is 740 g/mol. The zero-order chi connectivity index (χ0) is 35.2. The van der Waals surface area contributed by atoms with E-state index < -0.39 is 33.5 Å². The van der Waals surface area contributed by atoms with Gasteiger partial charge in [0.1, 0.15) is 17.1 Å². The maximum atomic E-state index is 17.4. The number of phenols is 1. The summed E-state index contributed by atoms with van der Waals surface area (Å²) in [5.41, 5.74) is -5.30. The van der Waals surface area contributed by atoms with E-state index in [1.165, 1.54) is 24.3 Å². The number of fused-ring (bicyclic) bond motifs is 6. The van der Waals surface area contributed by atoms with Crippen molar-refractivity contribution in [1.29, 1.82) is 0 Å². The second-order valence-corrected chi connectivity index (χ2v) is 16.1. The standard InChI is InChI=1S/C37H34ClF4N5O3S/c1-2-25-28(38)6-3-19-9-23(48)11-26(30(19)25)31-29(51-37(40,41)42)12-27-33(32(31)39)44-35(45-34(27)46-13-20-4-5-21(14-46)43-20)50-18-36(7-8-36)17-47-15-24-10-22(47)16-49-24/h1,3,6,9,11-12,20-22,24,43,48H,4-5,7-8,10,13-18H2/t20?,21?,22-,24-/m1/s1. The number of terminal acetylenes is 1. The molecule has 4 bridgehead atoms. The van der Waals surface area contributed by atoms with E-state index in [0.29, 0.717) is 36.9 Å². The van der Waals surface area contributed by atoms with Crippen molar-refractivity contribution in [3.05, 3.63) is 46.7 Å². The maximum Gasteiger partial charge on any atom is 0.446 e. The Bertz CT molecular complexity index is 2110. The number of morpholine rings is 1. The number of hydrogen-bond acceptors (Lipinski definition) is 9. The lowest BCUT2D eigenvalue weighted by Crippen LogP contribution is -2.51. The molecule has 5 heterocycles. The van der Waals surface area contributed by atoms with Gasteiger partial charge in [-0.25, -0.2) is 4.39 Å². The van der Waals surface area contributed by atoms with E-state index >= 15 is 4.39 Å². The van der Waals surface area contributed by atoms with Crippen molar-refractivity contribution in [3.63, 3.8) is 0 Å². The highest BCUT2D eigenvalue weighted by Gasteiger charge is 2.49. The second-order valence-electron chi connectivity index (χ2n) is 14.6. The molecule has 8 nitrogen and oxygen atoms in total. The molecule has 1 aliphatic carbocycles. The van der Waals surface area contributed by atoms with Gasteiger partial charge < -0.3 is 24.8 Å². The van der Waals surface area contributed by atoms with Gasteiger partial charge >= 0.3 is 11.5 Å². The molecule has 0 amide bonds. The van der Waals surface area contributed by atoms with Crippen LogP contribution in [0.25, 0.3) is 32.8 Å². The van der Waals surface area contributed by atoms with E-state index in [0.717, 1.165) is 51.8 Å². The van der Waals surface area contributed by atoms with Crippen molar-refractivity contribution in [3.8, 4) is 35.2 Å². The van der Waals surface area contributed by atoms with Gasteiger partial charge in [-0.3, -0.25) is 4.90 Å². The van der Waals surface area contributed by atoms with E-state index in [-0.39, 0.29) is 67.8 Å². The molecule has 9 rings (SSSR count). The molecule has 266 valence electrons. The minimum absolute atomic E-state index is 0.0322. The molecule has 51 heavy (non-hydrogen) atoms. The van der Waals surface area contributed by atoms with E-state index in [1.807, 2.05) is 4.90 Å². The number of anilines is 1. The molecule has 4 aromatic rings. The Labute approximate surface area is 300 Å². The van der Waals surface area contributed by atoms with Crippen LogP contribution in [0.5, 0.6) is 11.8 Å². The number of nitrogens with zero attached hydrogens (tertiary/aromatic N) is 4. The van der Waals surface area contributed by atoms with Crippen molar-refractivity contribution in [2.45, 2.75) is 66.7 Å². The van der Waals surface area contributed by atoms with Crippen LogP contribution in [0.3, 0.4) is 0 Å². The summed E-state index contributed by atoms with van der Waals surface area (Å²) in [5, 5.41) is 15.2. The predicted octanol–water partition coefficient (Wildman–Crippen LogP) is 7.11. The summed E-state index contributed by atoms with van der Waals surface area (Å²) < 4.78 is 72.3. The number of alkyl halides is 3. The summed E-state index contributed by atoms with van der Waals surface area (Å²) in [4.78, 5) is 13.4. The molecule has 5 fully saturated rings. The number of hydrogen-bond donors (Lipinski definition) is 2. The fourth-order valence-corrected chi connectivity index (χ4v) is 9.45. The first-order valence-corrected chi connectivity index (χ1v) is 18.4. The van der Waals surface area contributed by atoms with Crippen molar-refractivity contribution in [1.82, 2.24) is 20.2 Å². The highest BCUT2D eigenvalue weighted by Crippen LogP contribution is 2.50. The van der Waals surface area contributed by atoms with E-state index in [9.17, 15) is 18.3 Å². The summed E-state index contributed by atoms with van der Waals surface area (Å²) in [6.07, 6.45) is 11.0. The minimum atomic E-state index is -4.77. The van der Waals surface area contributed by atoms with Gasteiger partial charge in [-0.15, -0.1) is 6.42 Å². The number of ether oxygens (including phenoxy) is 2. The average Bonchev–Trinajstić information content (AvgIpc) is 3.34. The zero-order valence-electron chi connectivity index (χ0n) is 27.4. The molecular formula is C37H34ClF4N5O3S. The monoisotopic (exact) mass is 739 g/mol. The molecule has 3 aromatic carbocycles. The third-order valence-corrected chi connectivity index (χ3v) is 12.2. The largest absolute Gasteiger partial charge is 0.508 e. The van der Waals surface area contributed by atoms with Gasteiger partial charge in [0.2, 0.25) is 0 Å². The molecule has 2 unspecified atom stereocenters. The highest BCUT2D eigenvalue weighted by molar-refractivity contribution is 8.00. The number of thioether (sulfide) groups is 1. The number of aromatic nitrogens is 2. The minimum Gasteiger partial charge on any atom is -0.508 e. The van der Waals surface area contributed by atoms with Crippen molar-refractivity contribution < 1.29 is 32.1 Å². The topological polar surface area (TPSA) is 83.0 Å². The Hall–Kier alpha value is -3.54. The number of nitrogens with one attached hydrogen (secondary N) is 1. The highest BCUT2D eigenvalue weighted by atomic mass is 35.5. The van der Waals surface area contributed by atoms with Gasteiger partial charge in [0.05, 0.1) is 29.9 Å². The first-order valence-electron chi connectivity index (χ1n) is 17.2. The van der Waals surface area contributed by atoms with E-state index in [4.69, 9.17) is 32.5 Å². The first kappa shape index (κ1) is 33.3. The third kappa shape index (κ3) is 6.12. The molecule has 14 heteroatoms. The van der Waals surface area contributed by atoms with Crippen LogP contribution in [-0.2, 0) is 4.74 Å². The van der Waals surface area contributed by atoms with Crippen LogP contribution < -0.4 is 15.0 Å². The summed E-state index contributed by atoms with van der Waals surface area (Å²) >= 11 is 6.01. The van der Waals surface area contributed by atoms with Crippen LogP contribution in [0.15, 0.2) is 35.2 Å². The Balaban J connectivity index is 1.20. The quantitative estimate of drug-likeness (QED) is 0.112. The van der Waals surface area contributed by atoms with Gasteiger partial charge in [0.15, 0.2) is 5.82 Å². The van der Waals surface area contributed by atoms with Gasteiger partial charge in [-0.2, -0.15) is 23.1 Å². The summed E-state index contributed by atoms with van der Waals surface area (Å²) in [6.45, 7) is 3.94. The maximum absolute atomic E-state index is 17.4. The van der Waals surface area contributed by atoms with Gasteiger partial charge in [0, 0.05) is 71.0 Å². The number of rotatable bonds is 8. The van der Waals surface area contributed by atoms with Crippen LogP contribution >= 0.6 is 23.4 Å². The molecule has 4 atom stereocenters. The number of halogens is 5. The van der Waals surface area contributed by atoms with Crippen molar-refractivity contribution in [2.75, 3.05) is 44.3 Å². The fourth-order valence-electron chi connectivity index (χ4n) is 8.51.